The predicted octanol–water partition coefficient (Wildman–Crippen LogP) is 2.85. The first kappa shape index (κ1) is 14.2. The quantitative estimate of drug-likeness (QED) is 0.836. The summed E-state index contributed by atoms with van der Waals surface area (Å²) in [5.74, 6) is 2.64. The predicted molar refractivity (Wildman–Crippen MR) is 80.4 cm³/mol. The van der Waals surface area contributed by atoms with Crippen LogP contribution in [-0.4, -0.2) is 30.6 Å². The summed E-state index contributed by atoms with van der Waals surface area (Å²) in [6.45, 7) is 6.96. The Morgan fingerprint density at radius 1 is 1.24 bits per heavy atom. The van der Waals surface area contributed by atoms with Crippen LogP contribution >= 0.6 is 0 Å². The summed E-state index contributed by atoms with van der Waals surface area (Å²) >= 11 is 0. The molecule has 1 fully saturated rings. The van der Waals surface area contributed by atoms with Crippen molar-refractivity contribution in [2.45, 2.75) is 33.2 Å². The lowest BCUT2D eigenvalue weighted by Crippen LogP contribution is -2.34. The van der Waals surface area contributed by atoms with Crippen LogP contribution in [0, 0.1) is 11.8 Å². The average molecular weight is 289 g/mol. The van der Waals surface area contributed by atoms with Crippen LogP contribution in [0.3, 0.4) is 0 Å². The molecule has 1 amide bonds. The van der Waals surface area contributed by atoms with Crippen molar-refractivity contribution in [3.05, 3.63) is 23.8 Å². The van der Waals surface area contributed by atoms with Crippen LogP contribution in [0.5, 0.6) is 11.5 Å². The third-order valence-corrected chi connectivity index (χ3v) is 3.80. The highest BCUT2D eigenvalue weighted by Crippen LogP contribution is 2.33. The lowest BCUT2D eigenvalue weighted by Gasteiger charge is -2.26. The summed E-state index contributed by atoms with van der Waals surface area (Å²) in [6.07, 6.45) is 2.10. The molecule has 114 valence electrons. The number of amides is 1. The molecule has 1 aromatic carbocycles. The molecule has 0 spiro atoms. The van der Waals surface area contributed by atoms with Gasteiger partial charge in [0.05, 0.1) is 0 Å². The minimum atomic E-state index is 0.265. The zero-order valence-corrected chi connectivity index (χ0v) is 12.8. The van der Waals surface area contributed by atoms with Crippen molar-refractivity contribution in [1.82, 2.24) is 4.90 Å². The average Bonchev–Trinajstić information content (AvgIpc) is 3.30. The Labute approximate surface area is 126 Å². The largest absolute Gasteiger partial charge is 0.486 e. The van der Waals surface area contributed by atoms with E-state index in [1.54, 1.807) is 0 Å². The number of nitrogens with zero attached hydrogens (tertiary/aromatic N) is 1. The van der Waals surface area contributed by atoms with Crippen LogP contribution in [0.25, 0.3) is 0 Å². The fourth-order valence-corrected chi connectivity index (χ4v) is 2.67. The van der Waals surface area contributed by atoms with Crippen molar-refractivity contribution < 1.29 is 14.3 Å². The number of benzene rings is 1. The molecule has 0 atom stereocenters. The summed E-state index contributed by atoms with van der Waals surface area (Å²) in [4.78, 5) is 14.4. The topological polar surface area (TPSA) is 38.8 Å². The van der Waals surface area contributed by atoms with Gasteiger partial charge in [0.15, 0.2) is 11.5 Å². The van der Waals surface area contributed by atoms with Crippen molar-refractivity contribution in [3.63, 3.8) is 0 Å². The van der Waals surface area contributed by atoms with E-state index in [9.17, 15) is 4.79 Å². The summed E-state index contributed by atoms with van der Waals surface area (Å²) in [6, 6.07) is 5.97. The van der Waals surface area contributed by atoms with Crippen LogP contribution in [0.15, 0.2) is 18.2 Å². The van der Waals surface area contributed by atoms with Gasteiger partial charge in [-0.3, -0.25) is 4.79 Å². The van der Waals surface area contributed by atoms with Crippen molar-refractivity contribution in [2.75, 3.05) is 19.8 Å². The van der Waals surface area contributed by atoms with Gasteiger partial charge in [-0.05, 0) is 36.5 Å². The second-order valence-corrected chi connectivity index (χ2v) is 6.36. The van der Waals surface area contributed by atoms with Gasteiger partial charge in [-0.2, -0.15) is 0 Å². The summed E-state index contributed by atoms with van der Waals surface area (Å²) in [7, 11) is 0. The number of fused-ring (bicyclic) bond motifs is 1. The van der Waals surface area contributed by atoms with Gasteiger partial charge in [-0.25, -0.2) is 0 Å². The number of rotatable bonds is 5. The molecular weight excluding hydrogens is 266 g/mol. The Balaban J connectivity index is 1.73. The Morgan fingerprint density at radius 2 is 1.95 bits per heavy atom. The molecular formula is C17H23NO3. The van der Waals surface area contributed by atoms with Crippen LogP contribution in [0.4, 0.5) is 0 Å². The maximum Gasteiger partial charge on any atom is 0.225 e. The molecule has 0 N–H and O–H groups in total. The first-order chi connectivity index (χ1) is 10.1. The van der Waals surface area contributed by atoms with E-state index in [1.807, 2.05) is 23.1 Å². The van der Waals surface area contributed by atoms with E-state index in [0.29, 0.717) is 31.6 Å². The highest BCUT2D eigenvalue weighted by molar-refractivity contribution is 5.81. The monoisotopic (exact) mass is 289 g/mol. The van der Waals surface area contributed by atoms with Gasteiger partial charge in [0.25, 0.3) is 0 Å². The van der Waals surface area contributed by atoms with E-state index in [4.69, 9.17) is 9.47 Å². The normalized spacial score (nSPS) is 16.9. The number of carbonyl (C=O) groups is 1. The molecule has 21 heavy (non-hydrogen) atoms. The van der Waals surface area contributed by atoms with Crippen LogP contribution in [0.2, 0.25) is 0 Å². The maximum absolute atomic E-state index is 12.4. The zero-order valence-electron chi connectivity index (χ0n) is 12.8. The smallest absolute Gasteiger partial charge is 0.225 e. The Morgan fingerprint density at radius 3 is 2.62 bits per heavy atom. The van der Waals surface area contributed by atoms with E-state index < -0.39 is 0 Å². The molecule has 4 nitrogen and oxygen atoms in total. The fourth-order valence-electron chi connectivity index (χ4n) is 2.67. The van der Waals surface area contributed by atoms with Crippen molar-refractivity contribution in [1.29, 1.82) is 0 Å². The molecule has 1 aromatic rings. The molecule has 1 aliphatic carbocycles. The highest BCUT2D eigenvalue weighted by atomic mass is 16.6. The van der Waals surface area contributed by atoms with Crippen molar-refractivity contribution in [2.24, 2.45) is 11.8 Å². The molecule has 4 heteroatoms. The summed E-state index contributed by atoms with van der Waals surface area (Å²) < 4.78 is 11.2. The molecule has 0 saturated heterocycles. The van der Waals surface area contributed by atoms with Gasteiger partial charge in [-0.15, -0.1) is 0 Å². The van der Waals surface area contributed by atoms with Gasteiger partial charge in [0.2, 0.25) is 5.91 Å². The molecule has 3 rings (SSSR count). The first-order valence-corrected chi connectivity index (χ1v) is 7.81. The minimum absolute atomic E-state index is 0.265. The molecule has 0 radical (unpaired) electrons. The molecule has 0 aromatic heterocycles. The molecule has 1 heterocycles. The van der Waals surface area contributed by atoms with Gasteiger partial charge in [0.1, 0.15) is 13.2 Å². The second-order valence-electron chi connectivity index (χ2n) is 6.36. The van der Waals surface area contributed by atoms with Crippen molar-refractivity contribution in [3.8, 4) is 11.5 Å². The van der Waals surface area contributed by atoms with Crippen molar-refractivity contribution >= 4 is 5.91 Å². The Kier molecular flexibility index (Phi) is 4.04. The SMILES string of the molecule is CC(C)CN(Cc1ccc2c(c1)OCCO2)C(=O)C1CC1. The molecule has 1 aliphatic heterocycles. The number of hydrogen-bond acceptors (Lipinski definition) is 3. The highest BCUT2D eigenvalue weighted by Gasteiger charge is 2.33. The summed E-state index contributed by atoms with van der Waals surface area (Å²) in [5.41, 5.74) is 1.11. The standard InChI is InChI=1S/C17H23NO3/c1-12(2)10-18(17(19)14-4-5-14)11-13-3-6-15-16(9-13)21-8-7-20-15/h3,6,9,12,14H,4-5,7-8,10-11H2,1-2H3. The van der Waals surface area contributed by atoms with Crippen LogP contribution in [0.1, 0.15) is 32.3 Å². The second kappa shape index (κ2) is 5.96. The molecule has 0 bridgehead atoms. The first-order valence-electron chi connectivity index (χ1n) is 7.81. The molecule has 0 unspecified atom stereocenters. The summed E-state index contributed by atoms with van der Waals surface area (Å²) in [5, 5.41) is 0. The fraction of sp³-hybridized carbons (Fsp3) is 0.588. The third-order valence-electron chi connectivity index (χ3n) is 3.80. The lowest BCUT2D eigenvalue weighted by atomic mass is 10.1. The van der Waals surface area contributed by atoms with E-state index in [0.717, 1.165) is 36.4 Å². The Bertz CT molecular complexity index is 523. The van der Waals surface area contributed by atoms with E-state index in [2.05, 4.69) is 13.8 Å². The maximum atomic E-state index is 12.4. The zero-order chi connectivity index (χ0) is 14.8. The number of hydrogen-bond donors (Lipinski definition) is 0. The number of ether oxygens (including phenoxy) is 2. The van der Waals surface area contributed by atoms with E-state index in [1.165, 1.54) is 0 Å². The van der Waals surface area contributed by atoms with E-state index >= 15 is 0 Å². The van der Waals surface area contributed by atoms with Gasteiger partial charge >= 0.3 is 0 Å². The van der Waals surface area contributed by atoms with Crippen LogP contribution < -0.4 is 9.47 Å². The third kappa shape index (κ3) is 3.49. The molecule has 2 aliphatic rings. The van der Waals surface area contributed by atoms with Gasteiger partial charge in [-0.1, -0.05) is 19.9 Å². The van der Waals surface area contributed by atoms with Gasteiger partial charge in [0, 0.05) is 19.0 Å². The van der Waals surface area contributed by atoms with Crippen LogP contribution in [-0.2, 0) is 11.3 Å². The number of carbonyl (C=O) groups excluding carboxylic acids is 1. The lowest BCUT2D eigenvalue weighted by molar-refractivity contribution is -0.133. The van der Waals surface area contributed by atoms with Gasteiger partial charge < -0.3 is 14.4 Å². The molecule has 1 saturated carbocycles. The minimum Gasteiger partial charge on any atom is -0.486 e. The Hall–Kier alpha value is -1.71. The van der Waals surface area contributed by atoms with E-state index in [-0.39, 0.29) is 5.92 Å².